The Bertz CT molecular complexity index is 361. The Hall–Kier alpha value is -1.45. The summed E-state index contributed by atoms with van der Waals surface area (Å²) in [5.74, 6) is -0.172. The first-order valence-corrected chi connectivity index (χ1v) is 8.58. The maximum absolute atomic E-state index is 11.6. The van der Waals surface area contributed by atoms with Crippen LogP contribution in [0, 0.1) is 0 Å². The monoisotopic (exact) mass is 309 g/mol. The van der Waals surface area contributed by atoms with Gasteiger partial charge in [0.05, 0.1) is 0 Å². The van der Waals surface area contributed by atoms with Crippen molar-refractivity contribution in [2.24, 2.45) is 5.73 Å². The fourth-order valence-corrected chi connectivity index (χ4v) is 2.21. The summed E-state index contributed by atoms with van der Waals surface area (Å²) in [5.41, 5.74) is 5.06. The lowest BCUT2D eigenvalue weighted by Crippen LogP contribution is -2.09. The first-order chi connectivity index (χ1) is 10.6. The minimum Gasteiger partial charge on any atom is -0.370 e. The minimum atomic E-state index is -0.250. The van der Waals surface area contributed by atoms with Crippen molar-refractivity contribution >= 4 is 17.5 Å². The Balaban J connectivity index is 3.53. The van der Waals surface area contributed by atoms with Crippen LogP contribution in [0.3, 0.4) is 0 Å². The third-order valence-electron chi connectivity index (χ3n) is 3.58. The molecule has 0 radical (unpaired) electrons. The van der Waals surface area contributed by atoms with E-state index in [2.05, 4.69) is 6.92 Å². The lowest BCUT2D eigenvalue weighted by Gasteiger charge is -1.99. The number of rotatable bonds is 15. The number of carbonyl (C=O) groups is 3. The highest BCUT2D eigenvalue weighted by Gasteiger charge is 2.01. The van der Waals surface area contributed by atoms with Crippen LogP contribution in [0.5, 0.6) is 0 Å². The van der Waals surface area contributed by atoms with Gasteiger partial charge < -0.3 is 5.73 Å². The third-order valence-corrected chi connectivity index (χ3v) is 3.58. The number of allylic oxidation sites excluding steroid dienone is 2. The Morgan fingerprint density at radius 3 is 1.55 bits per heavy atom. The number of amides is 1. The van der Waals surface area contributed by atoms with Gasteiger partial charge in [0, 0.05) is 19.3 Å². The molecule has 1 amide bonds. The molecule has 0 bridgehead atoms. The molecule has 126 valence electrons. The molecule has 0 rings (SSSR count). The number of carbonyl (C=O) groups excluding carboxylic acids is 3. The van der Waals surface area contributed by atoms with Crippen molar-refractivity contribution in [2.75, 3.05) is 0 Å². The lowest BCUT2D eigenvalue weighted by molar-refractivity contribution is -0.118. The highest BCUT2D eigenvalue weighted by atomic mass is 16.1. The summed E-state index contributed by atoms with van der Waals surface area (Å²) in [5, 5.41) is 0. The molecule has 0 aliphatic rings. The zero-order chi connectivity index (χ0) is 16.6. The number of hydrogen-bond acceptors (Lipinski definition) is 3. The van der Waals surface area contributed by atoms with Crippen molar-refractivity contribution < 1.29 is 14.4 Å². The molecule has 4 nitrogen and oxygen atoms in total. The number of primary amides is 1. The van der Waals surface area contributed by atoms with E-state index in [0.717, 1.165) is 57.8 Å². The summed E-state index contributed by atoms with van der Waals surface area (Å²) in [6.45, 7) is 2.14. The largest absolute Gasteiger partial charge is 0.370 e. The van der Waals surface area contributed by atoms with E-state index in [1.54, 1.807) is 0 Å². The molecule has 0 unspecified atom stereocenters. The van der Waals surface area contributed by atoms with Crippen LogP contribution in [0.2, 0.25) is 0 Å². The van der Waals surface area contributed by atoms with Gasteiger partial charge in [0.15, 0.2) is 11.6 Å². The Labute approximate surface area is 134 Å². The van der Waals surface area contributed by atoms with E-state index >= 15 is 0 Å². The Kier molecular flexibility index (Phi) is 13.5. The van der Waals surface area contributed by atoms with Gasteiger partial charge in [-0.15, -0.1) is 0 Å². The van der Waals surface area contributed by atoms with Crippen LogP contribution < -0.4 is 5.73 Å². The molecule has 0 aliphatic carbocycles. The maximum atomic E-state index is 11.6. The third kappa shape index (κ3) is 14.9. The SMILES string of the molecule is CCCCCCC(=O)/C=C/C(=O)CCCCCCCC(N)=O. The zero-order valence-corrected chi connectivity index (χ0v) is 13.9. The summed E-state index contributed by atoms with van der Waals surface area (Å²) in [7, 11) is 0. The first kappa shape index (κ1) is 20.6. The fraction of sp³-hybridized carbons (Fsp3) is 0.722. The van der Waals surface area contributed by atoms with Gasteiger partial charge in [-0.25, -0.2) is 0 Å². The summed E-state index contributed by atoms with van der Waals surface area (Å²) in [6, 6.07) is 0. The van der Waals surface area contributed by atoms with Gasteiger partial charge in [-0.1, -0.05) is 45.4 Å². The molecule has 0 fully saturated rings. The molecule has 0 aromatic rings. The van der Waals surface area contributed by atoms with E-state index in [-0.39, 0.29) is 17.5 Å². The molecule has 0 atom stereocenters. The molecule has 0 aromatic carbocycles. The average Bonchev–Trinajstić information content (AvgIpc) is 2.48. The van der Waals surface area contributed by atoms with Gasteiger partial charge in [0.1, 0.15) is 0 Å². The van der Waals surface area contributed by atoms with Gasteiger partial charge >= 0.3 is 0 Å². The molecular formula is C18H31NO3. The molecule has 0 aromatic heterocycles. The van der Waals surface area contributed by atoms with Crippen LogP contribution in [-0.2, 0) is 14.4 Å². The molecule has 22 heavy (non-hydrogen) atoms. The second kappa shape index (κ2) is 14.5. The molecular weight excluding hydrogens is 278 g/mol. The highest BCUT2D eigenvalue weighted by molar-refractivity contribution is 5.98. The molecule has 2 N–H and O–H groups in total. The second-order valence-corrected chi connectivity index (χ2v) is 5.81. The van der Waals surface area contributed by atoms with Crippen LogP contribution in [-0.4, -0.2) is 17.5 Å². The summed E-state index contributed by atoms with van der Waals surface area (Å²) < 4.78 is 0. The molecule has 0 saturated carbocycles. The number of unbranched alkanes of at least 4 members (excludes halogenated alkanes) is 7. The summed E-state index contributed by atoms with van der Waals surface area (Å²) >= 11 is 0. The van der Waals surface area contributed by atoms with Gasteiger partial charge in [0.25, 0.3) is 0 Å². The lowest BCUT2D eigenvalue weighted by atomic mass is 10.1. The van der Waals surface area contributed by atoms with Crippen molar-refractivity contribution in [2.45, 2.75) is 84.0 Å². The van der Waals surface area contributed by atoms with Crippen molar-refractivity contribution in [3.8, 4) is 0 Å². The van der Waals surface area contributed by atoms with Gasteiger partial charge in [-0.3, -0.25) is 14.4 Å². The zero-order valence-electron chi connectivity index (χ0n) is 13.9. The fourth-order valence-electron chi connectivity index (χ4n) is 2.21. The Morgan fingerprint density at radius 1 is 0.682 bits per heavy atom. The molecule has 0 spiro atoms. The smallest absolute Gasteiger partial charge is 0.217 e. The highest BCUT2D eigenvalue weighted by Crippen LogP contribution is 2.08. The van der Waals surface area contributed by atoms with Crippen LogP contribution in [0.4, 0.5) is 0 Å². The normalized spacial score (nSPS) is 11.0. The van der Waals surface area contributed by atoms with Crippen LogP contribution in [0.1, 0.15) is 84.0 Å². The van der Waals surface area contributed by atoms with Crippen LogP contribution in [0.25, 0.3) is 0 Å². The maximum Gasteiger partial charge on any atom is 0.217 e. The van der Waals surface area contributed by atoms with E-state index in [0.29, 0.717) is 19.3 Å². The number of hydrogen-bond donors (Lipinski definition) is 1. The molecule has 4 heteroatoms. The van der Waals surface area contributed by atoms with Crippen LogP contribution in [0.15, 0.2) is 12.2 Å². The van der Waals surface area contributed by atoms with Crippen LogP contribution >= 0.6 is 0 Å². The van der Waals surface area contributed by atoms with E-state index in [4.69, 9.17) is 5.73 Å². The van der Waals surface area contributed by atoms with Crippen molar-refractivity contribution in [3.63, 3.8) is 0 Å². The second-order valence-electron chi connectivity index (χ2n) is 5.81. The standard InChI is InChI=1S/C18H31NO3/c1-2-3-4-8-11-16(20)14-15-17(21)12-9-6-5-7-10-13-18(19)22/h14-15H,2-13H2,1H3,(H2,19,22)/b15-14+. The number of nitrogens with two attached hydrogens (primary N) is 1. The number of ketones is 2. The average molecular weight is 309 g/mol. The quantitative estimate of drug-likeness (QED) is 0.368. The van der Waals surface area contributed by atoms with E-state index in [9.17, 15) is 14.4 Å². The van der Waals surface area contributed by atoms with Gasteiger partial charge in [-0.2, -0.15) is 0 Å². The summed E-state index contributed by atoms with van der Waals surface area (Å²) in [6.07, 6.45) is 13.3. The topological polar surface area (TPSA) is 77.2 Å². The molecule has 0 aliphatic heterocycles. The van der Waals surface area contributed by atoms with Gasteiger partial charge in [0.2, 0.25) is 5.91 Å². The predicted molar refractivity (Wildman–Crippen MR) is 89.4 cm³/mol. The first-order valence-electron chi connectivity index (χ1n) is 8.58. The van der Waals surface area contributed by atoms with Gasteiger partial charge in [-0.05, 0) is 31.4 Å². The van der Waals surface area contributed by atoms with Crippen molar-refractivity contribution in [1.82, 2.24) is 0 Å². The summed E-state index contributed by atoms with van der Waals surface area (Å²) in [4.78, 5) is 33.7. The van der Waals surface area contributed by atoms with Crippen molar-refractivity contribution in [1.29, 1.82) is 0 Å². The predicted octanol–water partition coefficient (Wildman–Crippen LogP) is 3.87. The molecule has 0 saturated heterocycles. The van der Waals surface area contributed by atoms with E-state index in [1.807, 2.05) is 0 Å². The van der Waals surface area contributed by atoms with E-state index < -0.39 is 0 Å². The van der Waals surface area contributed by atoms with Crippen molar-refractivity contribution in [3.05, 3.63) is 12.2 Å². The Morgan fingerprint density at radius 2 is 1.09 bits per heavy atom. The minimum absolute atomic E-state index is 0.0269. The molecule has 0 heterocycles. The van der Waals surface area contributed by atoms with E-state index in [1.165, 1.54) is 12.2 Å².